The van der Waals surface area contributed by atoms with E-state index < -0.39 is 10.2 Å². The number of piperazine rings is 1. The van der Waals surface area contributed by atoms with Gasteiger partial charge in [0, 0.05) is 50.2 Å². The quantitative estimate of drug-likeness (QED) is 0.736. The zero-order valence-electron chi connectivity index (χ0n) is 15.3. The molecule has 3 rings (SSSR count). The lowest BCUT2D eigenvalue weighted by molar-refractivity contribution is -0.133. The Labute approximate surface area is 160 Å². The molecule has 1 amide bonds. The second-order valence-corrected chi connectivity index (χ2v) is 9.18. The van der Waals surface area contributed by atoms with Crippen LogP contribution in [-0.4, -0.2) is 67.1 Å². The minimum absolute atomic E-state index is 0.000550. The molecule has 0 bridgehead atoms. The lowest BCUT2D eigenvalue weighted by Crippen LogP contribution is -2.54. The highest BCUT2D eigenvalue weighted by atomic mass is 35.5. The van der Waals surface area contributed by atoms with Gasteiger partial charge in [-0.15, -0.1) is 0 Å². The van der Waals surface area contributed by atoms with Crippen molar-refractivity contribution in [3.63, 3.8) is 0 Å². The van der Waals surface area contributed by atoms with Crippen LogP contribution in [0.15, 0.2) is 24.3 Å². The van der Waals surface area contributed by atoms with Crippen LogP contribution in [0.25, 0.3) is 0 Å². The van der Waals surface area contributed by atoms with Gasteiger partial charge in [0.2, 0.25) is 5.91 Å². The second kappa shape index (κ2) is 7.84. The van der Waals surface area contributed by atoms with Crippen molar-refractivity contribution in [2.24, 2.45) is 5.92 Å². The molecule has 1 aliphatic heterocycles. The molecule has 0 aromatic heterocycles. The molecule has 2 fully saturated rings. The number of halogens is 1. The molecule has 1 aliphatic carbocycles. The van der Waals surface area contributed by atoms with Gasteiger partial charge in [-0.2, -0.15) is 17.0 Å². The van der Waals surface area contributed by atoms with Gasteiger partial charge in [0.25, 0.3) is 10.2 Å². The Morgan fingerprint density at radius 3 is 2.42 bits per heavy atom. The molecule has 1 saturated carbocycles. The highest BCUT2D eigenvalue weighted by Crippen LogP contribution is 2.48. The van der Waals surface area contributed by atoms with Gasteiger partial charge >= 0.3 is 0 Å². The number of amides is 1. The van der Waals surface area contributed by atoms with E-state index in [4.69, 9.17) is 11.6 Å². The Balaban J connectivity index is 1.57. The normalized spacial score (nSPS) is 24.1. The zero-order valence-corrected chi connectivity index (χ0v) is 16.8. The summed E-state index contributed by atoms with van der Waals surface area (Å²) in [5, 5.41) is 0.691. The van der Waals surface area contributed by atoms with Crippen LogP contribution >= 0.6 is 11.6 Å². The molecule has 2 atom stereocenters. The molecule has 2 unspecified atom stereocenters. The Kier molecular flexibility index (Phi) is 5.91. The molecule has 0 radical (unpaired) electrons. The van der Waals surface area contributed by atoms with Gasteiger partial charge in [-0.1, -0.05) is 37.6 Å². The van der Waals surface area contributed by atoms with Crippen LogP contribution in [0.5, 0.6) is 0 Å². The van der Waals surface area contributed by atoms with E-state index in [0.717, 1.165) is 12.0 Å². The molecule has 1 aromatic rings. The standard InChI is InChI=1S/C18H26ClN3O3S/c1-3-21(4-2)26(24,25)22-10-8-20(9-11-22)18(23)17-13-16(17)14-6-5-7-15(19)12-14/h5-7,12,16-17H,3-4,8-11,13H2,1-2H3. The lowest BCUT2D eigenvalue weighted by atomic mass is 10.1. The van der Waals surface area contributed by atoms with Crippen molar-refractivity contribution < 1.29 is 13.2 Å². The molecule has 1 saturated heterocycles. The first kappa shape index (κ1) is 19.6. The van der Waals surface area contributed by atoms with E-state index in [1.807, 2.05) is 43.0 Å². The Hall–Kier alpha value is -1.15. The lowest BCUT2D eigenvalue weighted by Gasteiger charge is -2.36. The summed E-state index contributed by atoms with van der Waals surface area (Å²) in [5.41, 5.74) is 1.11. The summed E-state index contributed by atoms with van der Waals surface area (Å²) >= 11 is 6.04. The number of hydrogen-bond donors (Lipinski definition) is 0. The van der Waals surface area contributed by atoms with E-state index in [2.05, 4.69) is 0 Å². The maximum atomic E-state index is 12.7. The van der Waals surface area contributed by atoms with Gasteiger partial charge in [0.15, 0.2) is 0 Å². The first-order valence-electron chi connectivity index (χ1n) is 9.18. The molecule has 8 heteroatoms. The van der Waals surface area contributed by atoms with Crippen LogP contribution in [0.3, 0.4) is 0 Å². The van der Waals surface area contributed by atoms with Gasteiger partial charge in [0.1, 0.15) is 0 Å². The topological polar surface area (TPSA) is 60.9 Å². The fraction of sp³-hybridized carbons (Fsp3) is 0.611. The van der Waals surface area contributed by atoms with E-state index >= 15 is 0 Å². The van der Waals surface area contributed by atoms with Crippen LogP contribution in [0, 0.1) is 5.92 Å². The zero-order chi connectivity index (χ0) is 18.9. The van der Waals surface area contributed by atoms with Crippen molar-refractivity contribution in [3.05, 3.63) is 34.9 Å². The smallest absolute Gasteiger partial charge is 0.282 e. The largest absolute Gasteiger partial charge is 0.340 e. The van der Waals surface area contributed by atoms with Crippen molar-refractivity contribution in [1.82, 2.24) is 13.5 Å². The van der Waals surface area contributed by atoms with Gasteiger partial charge in [-0.25, -0.2) is 0 Å². The summed E-state index contributed by atoms with van der Waals surface area (Å²) in [6.07, 6.45) is 0.844. The monoisotopic (exact) mass is 399 g/mol. The van der Waals surface area contributed by atoms with Crippen LogP contribution < -0.4 is 0 Å². The first-order valence-corrected chi connectivity index (χ1v) is 11.0. The van der Waals surface area contributed by atoms with E-state index in [1.165, 1.54) is 8.61 Å². The Morgan fingerprint density at radius 2 is 1.85 bits per heavy atom. The highest BCUT2D eigenvalue weighted by molar-refractivity contribution is 7.86. The summed E-state index contributed by atoms with van der Waals surface area (Å²) in [6.45, 7) is 6.23. The van der Waals surface area contributed by atoms with Gasteiger partial charge < -0.3 is 4.90 Å². The average Bonchev–Trinajstić information content (AvgIpc) is 3.43. The Bertz CT molecular complexity index is 759. The van der Waals surface area contributed by atoms with Crippen molar-refractivity contribution >= 4 is 27.7 Å². The van der Waals surface area contributed by atoms with Gasteiger partial charge in [-0.3, -0.25) is 4.79 Å². The summed E-state index contributed by atoms with van der Waals surface area (Å²) in [5.74, 6) is 0.368. The average molecular weight is 400 g/mol. The number of carbonyl (C=O) groups excluding carboxylic acids is 1. The number of rotatable bonds is 6. The summed E-state index contributed by atoms with van der Waals surface area (Å²) in [6, 6.07) is 7.68. The predicted octanol–water partition coefficient (Wildman–Crippen LogP) is 2.17. The molecule has 1 heterocycles. The maximum Gasteiger partial charge on any atom is 0.282 e. The van der Waals surface area contributed by atoms with Crippen LogP contribution in [0.4, 0.5) is 0 Å². The van der Waals surface area contributed by atoms with E-state index in [1.54, 1.807) is 0 Å². The second-order valence-electron chi connectivity index (χ2n) is 6.82. The fourth-order valence-electron chi connectivity index (χ4n) is 3.66. The number of hydrogen-bond acceptors (Lipinski definition) is 3. The molecule has 26 heavy (non-hydrogen) atoms. The van der Waals surface area contributed by atoms with Gasteiger partial charge in [0.05, 0.1) is 0 Å². The Morgan fingerprint density at radius 1 is 1.19 bits per heavy atom. The maximum absolute atomic E-state index is 12.7. The van der Waals surface area contributed by atoms with Crippen molar-refractivity contribution in [1.29, 1.82) is 0 Å². The van der Waals surface area contributed by atoms with Gasteiger partial charge in [-0.05, 0) is 30.0 Å². The number of benzene rings is 1. The number of nitrogens with zero attached hydrogens (tertiary/aromatic N) is 3. The fourth-order valence-corrected chi connectivity index (χ4v) is 5.46. The van der Waals surface area contributed by atoms with Crippen LogP contribution in [-0.2, 0) is 15.0 Å². The van der Waals surface area contributed by atoms with Crippen molar-refractivity contribution in [3.8, 4) is 0 Å². The van der Waals surface area contributed by atoms with Crippen LogP contribution in [0.1, 0.15) is 31.7 Å². The molecule has 0 spiro atoms. The van der Waals surface area contributed by atoms with E-state index in [-0.39, 0.29) is 17.7 Å². The molecular formula is C18H26ClN3O3S. The summed E-state index contributed by atoms with van der Waals surface area (Å²) in [4.78, 5) is 14.6. The SMILES string of the molecule is CCN(CC)S(=O)(=O)N1CCN(C(=O)C2CC2c2cccc(Cl)c2)CC1. The molecule has 6 nitrogen and oxygen atoms in total. The van der Waals surface area contributed by atoms with Crippen molar-refractivity contribution in [2.45, 2.75) is 26.2 Å². The third-order valence-corrected chi connectivity index (χ3v) is 7.71. The van der Waals surface area contributed by atoms with Crippen molar-refractivity contribution in [2.75, 3.05) is 39.3 Å². The summed E-state index contributed by atoms with van der Waals surface area (Å²) in [7, 11) is -3.42. The first-order chi connectivity index (χ1) is 12.4. The minimum Gasteiger partial charge on any atom is -0.340 e. The third-order valence-electron chi connectivity index (χ3n) is 5.29. The predicted molar refractivity (Wildman–Crippen MR) is 102 cm³/mol. The molecule has 0 N–H and O–H groups in total. The molecular weight excluding hydrogens is 374 g/mol. The summed E-state index contributed by atoms with van der Waals surface area (Å²) < 4.78 is 28.1. The number of carbonyl (C=O) groups is 1. The highest BCUT2D eigenvalue weighted by Gasteiger charge is 2.46. The van der Waals surface area contributed by atoms with E-state index in [9.17, 15) is 13.2 Å². The van der Waals surface area contributed by atoms with Crippen LogP contribution in [0.2, 0.25) is 5.02 Å². The molecule has 2 aliphatic rings. The third kappa shape index (κ3) is 3.91. The molecule has 144 valence electrons. The minimum atomic E-state index is -3.42. The molecule has 1 aromatic carbocycles. The van der Waals surface area contributed by atoms with E-state index in [0.29, 0.717) is 44.3 Å².